The lowest BCUT2D eigenvalue weighted by molar-refractivity contribution is -0.131. The number of carbonyl (C=O) groups is 1. The molecule has 3 fully saturated rings. The van der Waals surface area contributed by atoms with Gasteiger partial charge in [0.15, 0.2) is 11.6 Å². The van der Waals surface area contributed by atoms with Crippen molar-refractivity contribution >= 4 is 22.6 Å². The predicted octanol–water partition coefficient (Wildman–Crippen LogP) is 5.08. The minimum Gasteiger partial charge on any atom is -0.461 e. The normalized spacial score (nSPS) is 24.5. The van der Waals surface area contributed by atoms with Gasteiger partial charge in [-0.3, -0.25) is 14.7 Å². The number of pyridine rings is 1. The molecule has 4 aliphatic rings. The lowest BCUT2D eigenvalue weighted by Gasteiger charge is -2.41. The number of hydrogen-bond acceptors (Lipinski definition) is 8. The molecule has 0 unspecified atom stereocenters. The topological polar surface area (TPSA) is 98.5 Å². The van der Waals surface area contributed by atoms with Gasteiger partial charge < -0.3 is 14.5 Å². The average Bonchev–Trinajstić information content (AvgIpc) is 3.59. The molecule has 3 aliphatic heterocycles. The van der Waals surface area contributed by atoms with E-state index in [9.17, 15) is 18.8 Å². The fourth-order valence-corrected chi connectivity index (χ4v) is 7.93. The van der Waals surface area contributed by atoms with Gasteiger partial charge in [-0.1, -0.05) is 12.6 Å². The average molecular weight is 632 g/mol. The third kappa shape index (κ3) is 5.34. The highest BCUT2D eigenvalue weighted by molar-refractivity contribution is 5.94. The van der Waals surface area contributed by atoms with E-state index in [2.05, 4.69) is 27.5 Å². The van der Waals surface area contributed by atoms with E-state index in [4.69, 9.17) is 9.72 Å². The van der Waals surface area contributed by atoms with Gasteiger partial charge in [0.25, 0.3) is 5.91 Å². The first-order valence-electron chi connectivity index (χ1n) is 16.0. The Morgan fingerprint density at radius 2 is 1.96 bits per heavy atom. The second kappa shape index (κ2) is 12.2. The van der Waals surface area contributed by atoms with Gasteiger partial charge in [0.1, 0.15) is 24.1 Å². The maximum atomic E-state index is 16.7. The molecule has 2 aromatic heterocycles. The summed E-state index contributed by atoms with van der Waals surface area (Å²) in [5.74, 6) is -2.07. The largest absolute Gasteiger partial charge is 0.461 e. The summed E-state index contributed by atoms with van der Waals surface area (Å²) in [5.41, 5.74) is 2.99. The zero-order chi connectivity index (χ0) is 32.0. The zero-order valence-corrected chi connectivity index (χ0v) is 25.7. The van der Waals surface area contributed by atoms with Crippen molar-refractivity contribution in [3.8, 4) is 23.2 Å². The van der Waals surface area contributed by atoms with Crippen LogP contribution in [0, 0.1) is 17.1 Å². The Balaban J connectivity index is 1.30. The molecule has 3 aromatic rings. The van der Waals surface area contributed by atoms with Gasteiger partial charge in [-0.25, -0.2) is 13.2 Å². The van der Waals surface area contributed by atoms with Gasteiger partial charge in [-0.2, -0.15) is 15.2 Å². The van der Waals surface area contributed by atoms with Crippen LogP contribution in [0.4, 0.5) is 19.0 Å². The molecule has 9 nitrogen and oxygen atoms in total. The molecular weight excluding hydrogens is 595 g/mol. The zero-order valence-electron chi connectivity index (χ0n) is 25.7. The van der Waals surface area contributed by atoms with Crippen LogP contribution >= 0.6 is 0 Å². The Morgan fingerprint density at radius 1 is 1.11 bits per heavy atom. The van der Waals surface area contributed by atoms with Gasteiger partial charge >= 0.3 is 6.01 Å². The van der Waals surface area contributed by atoms with Crippen LogP contribution in [0.3, 0.4) is 0 Å². The lowest BCUT2D eigenvalue weighted by Crippen LogP contribution is -2.55. The Kier molecular flexibility index (Phi) is 8.05. The summed E-state index contributed by atoms with van der Waals surface area (Å²) in [6.07, 6.45) is 8.55. The van der Waals surface area contributed by atoms with Crippen LogP contribution in [0.2, 0.25) is 0 Å². The summed E-state index contributed by atoms with van der Waals surface area (Å²) in [6, 6.07) is 4.94. The molecule has 0 radical (unpaired) electrons. The number of carbonyl (C=O) groups excluding carboxylic acids is 1. The van der Waals surface area contributed by atoms with Gasteiger partial charge in [0.2, 0.25) is 0 Å². The Morgan fingerprint density at radius 3 is 2.78 bits per heavy atom. The minimum atomic E-state index is -1.09. The van der Waals surface area contributed by atoms with Crippen molar-refractivity contribution in [2.24, 2.45) is 0 Å². The molecular formula is C34H36F3N7O2. The first-order valence-corrected chi connectivity index (χ1v) is 16.0. The molecule has 0 N–H and O–H groups in total. The molecule has 1 amide bonds. The van der Waals surface area contributed by atoms with Crippen LogP contribution in [0.15, 0.2) is 36.9 Å². The molecule has 0 spiro atoms. The lowest BCUT2D eigenvalue weighted by atomic mass is 9.87. The van der Waals surface area contributed by atoms with E-state index in [0.29, 0.717) is 29.7 Å². The van der Waals surface area contributed by atoms with Gasteiger partial charge in [-0.15, -0.1) is 0 Å². The number of benzene rings is 1. The number of halogens is 3. The maximum Gasteiger partial charge on any atom is 0.319 e. The summed E-state index contributed by atoms with van der Waals surface area (Å²) < 4.78 is 51.3. The van der Waals surface area contributed by atoms with Crippen LogP contribution < -0.4 is 9.64 Å². The number of fused-ring (bicyclic) bond motifs is 3. The number of nitrogens with zero attached hydrogens (tertiary/aromatic N) is 7. The van der Waals surface area contributed by atoms with Crippen LogP contribution in [0.5, 0.6) is 6.01 Å². The van der Waals surface area contributed by atoms with Crippen molar-refractivity contribution in [1.82, 2.24) is 24.8 Å². The smallest absolute Gasteiger partial charge is 0.319 e. The molecule has 0 bridgehead atoms. The second-order valence-corrected chi connectivity index (χ2v) is 12.9. The van der Waals surface area contributed by atoms with Crippen molar-refractivity contribution < 1.29 is 22.7 Å². The van der Waals surface area contributed by atoms with E-state index >= 15 is 4.39 Å². The summed E-state index contributed by atoms with van der Waals surface area (Å²) in [7, 11) is 0. The Bertz CT molecular complexity index is 1750. The molecule has 12 heteroatoms. The Hall–Kier alpha value is -4.24. The number of amides is 1. The monoisotopic (exact) mass is 631 g/mol. The third-order valence-corrected chi connectivity index (χ3v) is 10.2. The van der Waals surface area contributed by atoms with E-state index in [1.807, 2.05) is 11.1 Å². The highest BCUT2D eigenvalue weighted by Crippen LogP contribution is 2.41. The number of nitriles is 1. The molecule has 240 valence electrons. The summed E-state index contributed by atoms with van der Waals surface area (Å²) in [5, 5.41) is 9.95. The molecule has 5 heterocycles. The van der Waals surface area contributed by atoms with Crippen LogP contribution in [-0.4, -0.2) is 87.7 Å². The first kappa shape index (κ1) is 30.4. The maximum absolute atomic E-state index is 16.7. The van der Waals surface area contributed by atoms with E-state index in [1.165, 1.54) is 4.90 Å². The standard InChI is InChI=1S/C34H36F3N7O2/c1-21(35)32(45)44-14-13-42(19-24(44)9-11-38)31-27-8-7-26(28-17-39-16-22-5-2-3-6-25(22)28)29(37)30(27)40-33(41-31)46-20-34-10-4-12-43(34)18-23(36)15-34/h7-8,16-17,23-24H,1-6,9-10,12-15,18-20H2/t23-,24+,34+/m1/s1. The summed E-state index contributed by atoms with van der Waals surface area (Å²) in [4.78, 5) is 31.6. The molecule has 7 rings (SSSR count). The van der Waals surface area contributed by atoms with Crippen molar-refractivity contribution in [3.63, 3.8) is 0 Å². The molecule has 1 aliphatic carbocycles. The summed E-state index contributed by atoms with van der Waals surface area (Å²) in [6.45, 7) is 5.03. The van der Waals surface area contributed by atoms with Gasteiger partial charge in [-0.05, 0) is 62.3 Å². The predicted molar refractivity (Wildman–Crippen MR) is 166 cm³/mol. The van der Waals surface area contributed by atoms with Crippen molar-refractivity contribution in [2.45, 2.75) is 69.1 Å². The SMILES string of the molecule is C=C(F)C(=O)N1CCN(c2nc(OC[C@@]34CCCN3C[C@H](F)C4)nc3c(F)c(-c4cncc5c4CCCC5)ccc23)C[C@@H]1CC#N. The van der Waals surface area contributed by atoms with E-state index in [1.54, 1.807) is 18.3 Å². The third-order valence-electron chi connectivity index (χ3n) is 10.2. The number of anilines is 1. The fraction of sp³-hybridized carbons (Fsp3) is 0.500. The van der Waals surface area contributed by atoms with Crippen LogP contribution in [0.1, 0.15) is 49.7 Å². The van der Waals surface area contributed by atoms with Gasteiger partial charge in [0.05, 0.1) is 24.1 Å². The van der Waals surface area contributed by atoms with Crippen molar-refractivity contribution in [2.75, 3.05) is 44.2 Å². The van der Waals surface area contributed by atoms with Crippen LogP contribution in [-0.2, 0) is 17.6 Å². The molecule has 1 aromatic carbocycles. The fourth-order valence-electron chi connectivity index (χ4n) is 7.93. The highest BCUT2D eigenvalue weighted by Gasteiger charge is 2.49. The quantitative estimate of drug-likeness (QED) is 0.333. The Labute approximate surface area is 265 Å². The number of hydrogen-bond donors (Lipinski definition) is 0. The van der Waals surface area contributed by atoms with E-state index in [-0.39, 0.29) is 44.2 Å². The number of aromatic nitrogens is 3. The molecule has 46 heavy (non-hydrogen) atoms. The number of alkyl halides is 1. The van der Waals surface area contributed by atoms with Crippen LogP contribution in [0.25, 0.3) is 22.0 Å². The highest BCUT2D eigenvalue weighted by atomic mass is 19.1. The van der Waals surface area contributed by atoms with Crippen molar-refractivity contribution in [1.29, 1.82) is 5.26 Å². The minimum absolute atomic E-state index is 0.0252. The molecule has 3 atom stereocenters. The number of ether oxygens (including phenoxy) is 1. The van der Waals surface area contributed by atoms with Crippen molar-refractivity contribution in [3.05, 3.63) is 53.9 Å². The first-order chi connectivity index (χ1) is 22.3. The number of aryl methyl sites for hydroxylation is 1. The van der Waals surface area contributed by atoms with Gasteiger partial charge in [0, 0.05) is 61.5 Å². The second-order valence-electron chi connectivity index (χ2n) is 12.9. The van der Waals surface area contributed by atoms with E-state index in [0.717, 1.165) is 61.8 Å². The summed E-state index contributed by atoms with van der Waals surface area (Å²) >= 11 is 0. The molecule has 3 saturated heterocycles. The number of rotatable bonds is 7. The molecule has 0 saturated carbocycles. The number of piperazine rings is 1. The van der Waals surface area contributed by atoms with E-state index < -0.39 is 35.3 Å².